The molecule has 0 saturated heterocycles. The fraction of sp³-hybridized carbons (Fsp3) is 0.880. The van der Waals surface area contributed by atoms with Crippen LogP contribution in [0.2, 0.25) is 51.4 Å². The number of esters is 1. The molecule has 0 radical (unpaired) electrons. The van der Waals surface area contributed by atoms with E-state index in [2.05, 4.69) is 73.6 Å². The lowest BCUT2D eigenvalue weighted by Crippen LogP contribution is -2.63. The largest absolute Gasteiger partial charge is 0.460 e. The first-order chi connectivity index (χ1) is 15.0. The highest BCUT2D eigenvalue weighted by atomic mass is 28.4. The van der Waals surface area contributed by atoms with Crippen molar-refractivity contribution in [2.45, 2.75) is 123 Å². The van der Waals surface area contributed by atoms with Crippen LogP contribution in [0.4, 0.5) is 0 Å². The van der Waals surface area contributed by atoms with Crippen LogP contribution in [0, 0.1) is 0 Å². The van der Waals surface area contributed by atoms with Crippen molar-refractivity contribution in [1.82, 2.24) is 0 Å². The lowest BCUT2D eigenvalue weighted by Gasteiger charge is -2.48. The van der Waals surface area contributed by atoms with Crippen LogP contribution in [-0.2, 0) is 23.1 Å². The van der Waals surface area contributed by atoms with Gasteiger partial charge in [-0.3, -0.25) is 0 Å². The van der Waals surface area contributed by atoms with Gasteiger partial charge in [0.05, 0.1) is 19.9 Å². The first-order valence-corrected chi connectivity index (χ1v) is 22.1. The second kappa shape index (κ2) is 14.3. The van der Waals surface area contributed by atoms with Crippen LogP contribution in [0.1, 0.15) is 60.3 Å². The number of unbranched alkanes of at least 4 members (excludes halogenated alkanes) is 1. The zero-order valence-corrected chi connectivity index (χ0v) is 26.7. The molecule has 0 aromatic carbocycles. The quantitative estimate of drug-likeness (QED) is 0.0838. The fourth-order valence-electron chi connectivity index (χ4n) is 3.86. The van der Waals surface area contributed by atoms with Crippen LogP contribution >= 0.6 is 0 Å². The summed E-state index contributed by atoms with van der Waals surface area (Å²) in [5.41, 5.74) is 0.757. The first kappa shape index (κ1) is 32.7. The molecule has 8 heteroatoms. The normalized spacial score (nSPS) is 15.7. The van der Waals surface area contributed by atoms with E-state index in [-0.39, 0.29) is 17.8 Å². The molecule has 2 atom stereocenters. The van der Waals surface area contributed by atoms with Gasteiger partial charge in [-0.2, -0.15) is 0 Å². The standard InChI is InChI=1S/C25H54O5Si3/c1-13-15-20-31(7,8)23(5)29-33(11,12)25(6,14-2)30-32(9,10)21-16-17-27-18-19-28-24(26)22(3)4/h23H,3,13-21H2,1-2,4-12H3. The smallest absolute Gasteiger partial charge is 0.333 e. The molecule has 0 bridgehead atoms. The Balaban J connectivity index is 4.78. The summed E-state index contributed by atoms with van der Waals surface area (Å²) in [6, 6.07) is 2.36. The van der Waals surface area contributed by atoms with Crippen molar-refractivity contribution in [3.05, 3.63) is 12.2 Å². The van der Waals surface area contributed by atoms with E-state index in [1.807, 2.05) is 0 Å². The van der Waals surface area contributed by atoms with Crippen molar-refractivity contribution < 1.29 is 23.1 Å². The maximum Gasteiger partial charge on any atom is 0.333 e. The van der Waals surface area contributed by atoms with Crippen LogP contribution in [0.3, 0.4) is 0 Å². The average Bonchev–Trinajstić information content (AvgIpc) is 2.70. The van der Waals surface area contributed by atoms with Crippen LogP contribution in [0.5, 0.6) is 0 Å². The molecule has 0 aliphatic heterocycles. The first-order valence-electron chi connectivity index (χ1n) is 12.8. The Kier molecular flexibility index (Phi) is 14.2. The predicted molar refractivity (Wildman–Crippen MR) is 149 cm³/mol. The molecule has 0 saturated carbocycles. The number of hydrogen-bond acceptors (Lipinski definition) is 5. The molecule has 0 aliphatic rings. The van der Waals surface area contributed by atoms with Gasteiger partial charge in [-0.1, -0.05) is 52.4 Å². The summed E-state index contributed by atoms with van der Waals surface area (Å²) < 4.78 is 24.6. The number of carbonyl (C=O) groups excluding carboxylic acids is 1. The van der Waals surface area contributed by atoms with Crippen LogP contribution < -0.4 is 0 Å². The monoisotopic (exact) mass is 518 g/mol. The molecule has 2 unspecified atom stereocenters. The van der Waals surface area contributed by atoms with Gasteiger partial charge in [0.25, 0.3) is 0 Å². The van der Waals surface area contributed by atoms with E-state index in [1.165, 1.54) is 18.9 Å². The van der Waals surface area contributed by atoms with Crippen LogP contribution in [0.25, 0.3) is 0 Å². The Hall–Kier alpha value is -0.259. The Morgan fingerprint density at radius 1 is 0.970 bits per heavy atom. The van der Waals surface area contributed by atoms with E-state index in [4.69, 9.17) is 18.3 Å². The lowest BCUT2D eigenvalue weighted by atomic mass is 10.3. The summed E-state index contributed by atoms with van der Waals surface area (Å²) in [6.45, 7) is 29.9. The maximum absolute atomic E-state index is 11.4. The third-order valence-corrected chi connectivity index (χ3v) is 18.0. The Morgan fingerprint density at radius 3 is 2.09 bits per heavy atom. The van der Waals surface area contributed by atoms with E-state index in [0.29, 0.717) is 24.5 Å². The fourth-order valence-corrected chi connectivity index (χ4v) is 14.0. The summed E-state index contributed by atoms with van der Waals surface area (Å²) in [5, 5.41) is -0.205. The van der Waals surface area contributed by atoms with Crippen molar-refractivity contribution in [3.8, 4) is 0 Å². The number of rotatable bonds is 18. The van der Waals surface area contributed by atoms with Gasteiger partial charge in [0.1, 0.15) is 6.61 Å². The summed E-state index contributed by atoms with van der Waals surface area (Å²) in [5.74, 6) is -0.362. The molecule has 0 aliphatic carbocycles. The van der Waals surface area contributed by atoms with Crippen molar-refractivity contribution >= 4 is 30.7 Å². The van der Waals surface area contributed by atoms with E-state index in [1.54, 1.807) is 6.92 Å². The molecule has 196 valence electrons. The van der Waals surface area contributed by atoms with E-state index in [0.717, 1.165) is 18.9 Å². The zero-order chi connectivity index (χ0) is 25.9. The Morgan fingerprint density at radius 2 is 1.58 bits per heavy atom. The Labute approximate surface area is 208 Å². The zero-order valence-electron chi connectivity index (χ0n) is 23.7. The molecule has 0 aromatic heterocycles. The maximum atomic E-state index is 11.4. The summed E-state index contributed by atoms with van der Waals surface area (Å²) >= 11 is 0. The molecule has 0 fully saturated rings. The summed E-state index contributed by atoms with van der Waals surface area (Å²) in [4.78, 5) is 11.4. The van der Waals surface area contributed by atoms with E-state index >= 15 is 0 Å². The minimum absolute atomic E-state index is 0.205. The van der Waals surface area contributed by atoms with Crippen LogP contribution in [0.15, 0.2) is 12.2 Å². The van der Waals surface area contributed by atoms with Gasteiger partial charge >= 0.3 is 5.97 Å². The molecule has 33 heavy (non-hydrogen) atoms. The molecule has 0 rings (SSSR count). The number of hydrogen-bond donors (Lipinski definition) is 0. The van der Waals surface area contributed by atoms with Gasteiger partial charge in [0.2, 0.25) is 8.32 Å². The highest BCUT2D eigenvalue weighted by Crippen LogP contribution is 2.36. The second-order valence-electron chi connectivity index (χ2n) is 11.4. The highest BCUT2D eigenvalue weighted by molar-refractivity contribution is 6.81. The van der Waals surface area contributed by atoms with Gasteiger partial charge < -0.3 is 18.3 Å². The van der Waals surface area contributed by atoms with E-state index in [9.17, 15) is 4.79 Å². The number of carbonyl (C=O) groups is 1. The van der Waals surface area contributed by atoms with Crippen molar-refractivity contribution in [1.29, 1.82) is 0 Å². The predicted octanol–water partition coefficient (Wildman–Crippen LogP) is 7.10. The van der Waals surface area contributed by atoms with E-state index < -0.39 is 24.7 Å². The van der Waals surface area contributed by atoms with Gasteiger partial charge in [-0.25, -0.2) is 4.79 Å². The summed E-state index contributed by atoms with van der Waals surface area (Å²) in [6.07, 6.45) is 4.47. The van der Waals surface area contributed by atoms with Gasteiger partial charge in [-0.15, -0.1) is 0 Å². The van der Waals surface area contributed by atoms with Crippen molar-refractivity contribution in [3.63, 3.8) is 0 Å². The molecule has 0 aromatic rings. The molecule has 0 N–H and O–H groups in total. The molecule has 0 spiro atoms. The van der Waals surface area contributed by atoms with Gasteiger partial charge in [0.15, 0.2) is 8.32 Å². The SMILES string of the molecule is C=C(C)C(=O)OCCOCCC[Si](C)(C)OC(C)(CC)[Si](C)(C)OC(C)[Si](C)(C)CCCC. The van der Waals surface area contributed by atoms with Crippen molar-refractivity contribution in [2.24, 2.45) is 0 Å². The highest BCUT2D eigenvalue weighted by Gasteiger charge is 2.49. The van der Waals surface area contributed by atoms with Crippen LogP contribution in [-0.4, -0.2) is 61.5 Å². The third-order valence-electron chi connectivity index (χ3n) is 7.07. The topological polar surface area (TPSA) is 54.0 Å². The molecule has 0 heterocycles. The second-order valence-corrected chi connectivity index (χ2v) is 25.3. The molecule has 5 nitrogen and oxygen atoms in total. The molecule has 0 amide bonds. The molecular weight excluding hydrogens is 465 g/mol. The van der Waals surface area contributed by atoms with Gasteiger partial charge in [0, 0.05) is 17.9 Å². The molecular formula is C25H54O5Si3. The minimum atomic E-state index is -2.10. The van der Waals surface area contributed by atoms with Gasteiger partial charge in [-0.05, 0) is 65.8 Å². The number of ether oxygens (including phenoxy) is 2. The Bertz CT molecular complexity index is 607. The average molecular weight is 519 g/mol. The minimum Gasteiger partial charge on any atom is -0.460 e. The third kappa shape index (κ3) is 11.8. The lowest BCUT2D eigenvalue weighted by molar-refractivity contribution is -0.140. The van der Waals surface area contributed by atoms with Crippen molar-refractivity contribution in [2.75, 3.05) is 19.8 Å². The summed E-state index contributed by atoms with van der Waals surface area (Å²) in [7, 11) is -5.43.